The van der Waals surface area contributed by atoms with Gasteiger partial charge in [0.2, 0.25) is 0 Å². The molecule has 0 saturated carbocycles. The third-order valence-corrected chi connectivity index (χ3v) is 11.0. The molecule has 246 valence electrons. The van der Waals surface area contributed by atoms with Crippen molar-refractivity contribution < 1.29 is 9.47 Å². The van der Waals surface area contributed by atoms with Gasteiger partial charge in [-0.3, -0.25) is 0 Å². The van der Waals surface area contributed by atoms with Gasteiger partial charge in [-0.15, -0.1) is 0 Å². The number of rotatable bonds is 4. The molecular formula is C50H31BO2. The quantitative estimate of drug-likeness (QED) is 0.137. The van der Waals surface area contributed by atoms with Crippen LogP contribution in [0.2, 0.25) is 0 Å². The second-order valence-corrected chi connectivity index (χ2v) is 13.9. The van der Waals surface area contributed by atoms with E-state index in [9.17, 15) is 0 Å². The van der Waals surface area contributed by atoms with Crippen molar-refractivity contribution in [2.24, 2.45) is 0 Å². The summed E-state index contributed by atoms with van der Waals surface area (Å²) >= 11 is 0. The number of para-hydroxylation sites is 2. The van der Waals surface area contributed by atoms with E-state index < -0.39 is 0 Å². The van der Waals surface area contributed by atoms with Crippen LogP contribution in [-0.4, -0.2) is 6.71 Å². The monoisotopic (exact) mass is 674 g/mol. The van der Waals surface area contributed by atoms with Crippen LogP contribution in [0.1, 0.15) is 0 Å². The molecule has 0 N–H and O–H groups in total. The molecule has 9 aromatic rings. The second kappa shape index (κ2) is 11.9. The molecule has 0 radical (unpaired) electrons. The maximum Gasteiger partial charge on any atom is 0.260 e. The largest absolute Gasteiger partial charge is 0.458 e. The van der Waals surface area contributed by atoms with Crippen molar-refractivity contribution in [1.29, 1.82) is 0 Å². The summed E-state index contributed by atoms with van der Waals surface area (Å²) in [6.45, 7) is -0.0964. The zero-order chi connectivity index (χ0) is 34.9. The van der Waals surface area contributed by atoms with Crippen molar-refractivity contribution >= 4 is 44.6 Å². The van der Waals surface area contributed by atoms with Crippen LogP contribution < -0.4 is 25.9 Å². The minimum Gasteiger partial charge on any atom is -0.458 e. The van der Waals surface area contributed by atoms with Crippen molar-refractivity contribution in [3.05, 3.63) is 188 Å². The lowest BCUT2D eigenvalue weighted by atomic mass is 9.34. The summed E-state index contributed by atoms with van der Waals surface area (Å²) in [5.74, 6) is 3.47. The highest BCUT2D eigenvalue weighted by Crippen LogP contribution is 2.50. The van der Waals surface area contributed by atoms with Gasteiger partial charge in [0.15, 0.2) is 0 Å². The predicted octanol–water partition coefficient (Wildman–Crippen LogP) is 11.4. The van der Waals surface area contributed by atoms with Crippen molar-refractivity contribution in [1.82, 2.24) is 0 Å². The van der Waals surface area contributed by atoms with Gasteiger partial charge in [0.05, 0.1) is 0 Å². The van der Waals surface area contributed by atoms with Crippen molar-refractivity contribution in [2.45, 2.75) is 0 Å². The Morgan fingerprint density at radius 3 is 1.40 bits per heavy atom. The number of hydrogen-bond donors (Lipinski definition) is 0. The molecule has 9 aromatic carbocycles. The molecule has 2 aliphatic rings. The van der Waals surface area contributed by atoms with Gasteiger partial charge in [0.25, 0.3) is 6.71 Å². The lowest BCUT2D eigenvalue weighted by Gasteiger charge is -2.36. The minimum atomic E-state index is -0.0964. The van der Waals surface area contributed by atoms with E-state index in [2.05, 4.69) is 188 Å². The normalized spacial score (nSPS) is 12.4. The Balaban J connectivity index is 1.25. The van der Waals surface area contributed by atoms with E-state index >= 15 is 0 Å². The second-order valence-electron chi connectivity index (χ2n) is 13.9. The lowest BCUT2D eigenvalue weighted by molar-refractivity contribution is 0.467. The fourth-order valence-corrected chi connectivity index (χ4v) is 8.74. The van der Waals surface area contributed by atoms with Gasteiger partial charge < -0.3 is 9.47 Å². The van der Waals surface area contributed by atoms with Crippen LogP contribution in [-0.2, 0) is 0 Å². The number of hydrogen-bond acceptors (Lipinski definition) is 2. The van der Waals surface area contributed by atoms with Crippen LogP contribution in [0.25, 0.3) is 66.1 Å². The molecule has 0 atom stereocenters. The molecule has 0 aliphatic carbocycles. The Hall–Kier alpha value is -6.84. The van der Waals surface area contributed by atoms with Crippen LogP contribution in [0, 0.1) is 0 Å². The van der Waals surface area contributed by atoms with E-state index in [1.54, 1.807) is 0 Å². The molecule has 53 heavy (non-hydrogen) atoms. The average Bonchev–Trinajstić information content (AvgIpc) is 3.23. The Morgan fingerprint density at radius 2 is 0.792 bits per heavy atom. The van der Waals surface area contributed by atoms with Gasteiger partial charge in [-0.05, 0) is 66.9 Å². The molecule has 2 aliphatic heterocycles. The van der Waals surface area contributed by atoms with E-state index in [0.717, 1.165) is 67.2 Å². The predicted molar refractivity (Wildman–Crippen MR) is 221 cm³/mol. The fourth-order valence-electron chi connectivity index (χ4n) is 8.74. The van der Waals surface area contributed by atoms with Gasteiger partial charge in [-0.25, -0.2) is 0 Å². The van der Waals surface area contributed by atoms with Crippen molar-refractivity contribution in [3.8, 4) is 67.5 Å². The molecule has 0 aromatic heterocycles. The summed E-state index contributed by atoms with van der Waals surface area (Å²) in [5.41, 5.74) is 12.4. The first-order valence-electron chi connectivity index (χ1n) is 18.2. The minimum absolute atomic E-state index is 0.0964. The maximum absolute atomic E-state index is 7.43. The van der Waals surface area contributed by atoms with E-state index in [1.807, 2.05) is 0 Å². The van der Waals surface area contributed by atoms with Crippen LogP contribution in [0.4, 0.5) is 0 Å². The van der Waals surface area contributed by atoms with Gasteiger partial charge >= 0.3 is 0 Å². The molecule has 0 bridgehead atoms. The van der Waals surface area contributed by atoms with E-state index in [0.29, 0.717) is 0 Å². The molecule has 3 heteroatoms. The van der Waals surface area contributed by atoms with Crippen LogP contribution in [0.5, 0.6) is 23.0 Å². The van der Waals surface area contributed by atoms with Crippen molar-refractivity contribution in [2.75, 3.05) is 0 Å². The summed E-state index contributed by atoms with van der Waals surface area (Å²) in [7, 11) is 0. The topological polar surface area (TPSA) is 18.5 Å². The van der Waals surface area contributed by atoms with Gasteiger partial charge in [0, 0.05) is 27.7 Å². The summed E-state index contributed by atoms with van der Waals surface area (Å²) in [4.78, 5) is 0. The summed E-state index contributed by atoms with van der Waals surface area (Å²) in [5, 5.41) is 4.84. The molecule has 0 unspecified atom stereocenters. The Labute approximate surface area is 308 Å². The van der Waals surface area contributed by atoms with E-state index in [1.165, 1.54) is 38.2 Å². The Kier molecular flexibility index (Phi) is 6.68. The van der Waals surface area contributed by atoms with Gasteiger partial charge in [-0.2, -0.15) is 0 Å². The maximum atomic E-state index is 7.43. The standard InChI is InChI=1S/C50H31BO2/c1-4-17-32(18-5-1)40-31-41(33-19-6-2-7-20-33)50-47-49(40)52-44-30-15-14-28-42(44)51(47)43-29-16-27-39(48(43)53-50)46-37-25-12-10-23-35(37)45(34-21-8-3-9-22-34)36-24-11-13-26-38(36)46/h1-31H. The number of ether oxygens (including phenoxy) is 2. The van der Waals surface area contributed by atoms with Crippen molar-refractivity contribution in [3.63, 3.8) is 0 Å². The molecule has 2 nitrogen and oxygen atoms in total. The smallest absolute Gasteiger partial charge is 0.260 e. The molecule has 0 saturated heterocycles. The van der Waals surface area contributed by atoms with Gasteiger partial charge in [-0.1, -0.05) is 176 Å². The van der Waals surface area contributed by atoms with Gasteiger partial charge in [0.1, 0.15) is 23.0 Å². The fraction of sp³-hybridized carbons (Fsp3) is 0. The third-order valence-electron chi connectivity index (χ3n) is 11.0. The highest BCUT2D eigenvalue weighted by atomic mass is 16.5. The number of fused-ring (bicyclic) bond motifs is 6. The first-order valence-corrected chi connectivity index (χ1v) is 18.2. The highest BCUT2D eigenvalue weighted by Gasteiger charge is 2.43. The third kappa shape index (κ3) is 4.54. The van der Waals surface area contributed by atoms with E-state index in [4.69, 9.17) is 9.47 Å². The van der Waals surface area contributed by atoms with Crippen LogP contribution >= 0.6 is 0 Å². The zero-order valence-corrected chi connectivity index (χ0v) is 28.8. The molecule has 0 spiro atoms. The SMILES string of the molecule is c1ccc(-c2cc(-c3ccccc3)c3c4c2Oc2ccccc2B4c2cccc(-c4c5ccccc5c(-c5ccccc5)c5ccccc45)c2O3)cc1. The lowest BCUT2D eigenvalue weighted by Crippen LogP contribution is -2.57. The first-order chi connectivity index (χ1) is 26.3. The molecule has 0 fully saturated rings. The average molecular weight is 675 g/mol. The Bertz CT molecular complexity index is 2830. The molecule has 11 rings (SSSR count). The highest BCUT2D eigenvalue weighted by molar-refractivity contribution is 6.98. The Morgan fingerprint density at radius 1 is 0.321 bits per heavy atom. The summed E-state index contributed by atoms with van der Waals surface area (Å²) in [6.07, 6.45) is 0. The summed E-state index contributed by atoms with van der Waals surface area (Å²) in [6, 6.07) is 67.1. The zero-order valence-electron chi connectivity index (χ0n) is 28.8. The van der Waals surface area contributed by atoms with Crippen LogP contribution in [0.15, 0.2) is 188 Å². The van der Waals surface area contributed by atoms with Crippen LogP contribution in [0.3, 0.4) is 0 Å². The molecular weight excluding hydrogens is 643 g/mol. The molecule has 2 heterocycles. The first kappa shape index (κ1) is 29.9. The molecule has 0 amide bonds. The number of benzene rings is 9. The summed E-state index contributed by atoms with van der Waals surface area (Å²) < 4.78 is 14.4. The van der Waals surface area contributed by atoms with E-state index in [-0.39, 0.29) is 6.71 Å².